The summed E-state index contributed by atoms with van der Waals surface area (Å²) in [5.74, 6) is 0. The summed E-state index contributed by atoms with van der Waals surface area (Å²) in [7, 11) is -2.77. The van der Waals surface area contributed by atoms with Crippen LogP contribution < -0.4 is 0 Å². The van der Waals surface area contributed by atoms with Crippen molar-refractivity contribution in [2.24, 2.45) is 0 Å². The fourth-order valence-electron chi connectivity index (χ4n) is 1.43. The highest BCUT2D eigenvalue weighted by atomic mass is 31.2. The van der Waals surface area contributed by atoms with E-state index in [9.17, 15) is 4.57 Å². The Morgan fingerprint density at radius 1 is 1.43 bits per heavy atom. The molecule has 0 aromatic heterocycles. The third-order valence-electron chi connectivity index (χ3n) is 2.27. The van der Waals surface area contributed by atoms with Gasteiger partial charge in [-0.1, -0.05) is 37.3 Å². The minimum absolute atomic E-state index is 0.165. The molecule has 0 radical (unpaired) electrons. The molecule has 2 atom stereocenters. The van der Waals surface area contributed by atoms with E-state index < -0.39 is 7.60 Å². The van der Waals surface area contributed by atoms with Crippen molar-refractivity contribution in [2.75, 3.05) is 12.8 Å². The third kappa shape index (κ3) is 1.90. The van der Waals surface area contributed by atoms with Gasteiger partial charge >= 0.3 is 7.60 Å². The highest BCUT2D eigenvalue weighted by Gasteiger charge is 2.35. The molecule has 4 heteroatoms. The van der Waals surface area contributed by atoms with Gasteiger partial charge in [-0.05, 0) is 5.56 Å². The highest BCUT2D eigenvalue weighted by molar-refractivity contribution is 7.54. The van der Waals surface area contributed by atoms with E-state index >= 15 is 0 Å². The summed E-state index contributed by atoms with van der Waals surface area (Å²) < 4.78 is 22.3. The van der Waals surface area contributed by atoms with Crippen LogP contribution in [0.2, 0.25) is 0 Å². The van der Waals surface area contributed by atoms with Crippen molar-refractivity contribution in [3.8, 4) is 0 Å². The Morgan fingerprint density at radius 2 is 2.14 bits per heavy atom. The van der Waals surface area contributed by atoms with Crippen LogP contribution in [0.3, 0.4) is 0 Å². The number of benzene rings is 1. The van der Waals surface area contributed by atoms with Crippen molar-refractivity contribution in [3.63, 3.8) is 0 Å². The fourth-order valence-corrected chi connectivity index (χ4v) is 2.75. The predicted octanol–water partition coefficient (Wildman–Crippen LogP) is 2.99. The smallest absolute Gasteiger partial charge is 0.305 e. The van der Waals surface area contributed by atoms with Gasteiger partial charge < -0.3 is 4.52 Å². The summed E-state index contributed by atoms with van der Waals surface area (Å²) in [6.45, 7) is 2.21. The van der Waals surface area contributed by atoms with Crippen LogP contribution in [0.1, 0.15) is 18.6 Å². The molecule has 1 unspecified atom stereocenters. The monoisotopic (exact) mass is 212 g/mol. The first-order chi connectivity index (χ1) is 6.73. The van der Waals surface area contributed by atoms with Gasteiger partial charge in [0.25, 0.3) is 0 Å². The summed E-state index contributed by atoms with van der Waals surface area (Å²) in [6.07, 6.45) is 0.276. The molecule has 2 rings (SSSR count). The molecule has 0 aliphatic carbocycles. The van der Waals surface area contributed by atoms with E-state index in [1.54, 1.807) is 0 Å². The van der Waals surface area contributed by atoms with Crippen LogP contribution >= 0.6 is 7.60 Å². The first-order valence-electron chi connectivity index (χ1n) is 4.70. The average Bonchev–Trinajstić information content (AvgIpc) is 2.63. The maximum absolute atomic E-state index is 11.7. The molecule has 1 aliphatic heterocycles. The van der Waals surface area contributed by atoms with Crippen molar-refractivity contribution >= 4 is 7.60 Å². The number of rotatable bonds is 2. The lowest BCUT2D eigenvalue weighted by molar-refractivity contribution is 0.240. The SMILES string of the molecule is CC[P@]1(=O)OCC(c2ccccc2)O1. The Morgan fingerprint density at radius 3 is 2.71 bits per heavy atom. The van der Waals surface area contributed by atoms with Crippen LogP contribution in [0.4, 0.5) is 0 Å². The predicted molar refractivity (Wildman–Crippen MR) is 54.4 cm³/mol. The standard InChI is InChI=1S/C10H13O3P/c1-2-14(11)12-8-10(13-14)9-6-4-3-5-7-9/h3-7,10H,2,8H2,1H3/t10?,14-/m0/s1. The quantitative estimate of drug-likeness (QED) is 0.707. The zero-order valence-corrected chi connectivity index (χ0v) is 8.94. The zero-order chi connectivity index (χ0) is 10.0. The van der Waals surface area contributed by atoms with E-state index in [0.29, 0.717) is 12.8 Å². The first-order valence-corrected chi connectivity index (χ1v) is 6.43. The molecule has 0 amide bonds. The lowest BCUT2D eigenvalue weighted by atomic mass is 10.1. The summed E-state index contributed by atoms with van der Waals surface area (Å²) >= 11 is 0. The molecular formula is C10H13O3P. The molecule has 1 saturated heterocycles. The second kappa shape index (κ2) is 3.85. The van der Waals surface area contributed by atoms with Crippen LogP contribution in [0, 0.1) is 0 Å². The molecular weight excluding hydrogens is 199 g/mol. The second-order valence-electron chi connectivity index (χ2n) is 3.23. The zero-order valence-electron chi connectivity index (χ0n) is 8.05. The van der Waals surface area contributed by atoms with Crippen molar-refractivity contribution in [1.82, 2.24) is 0 Å². The van der Waals surface area contributed by atoms with Crippen molar-refractivity contribution in [2.45, 2.75) is 13.0 Å². The summed E-state index contributed by atoms with van der Waals surface area (Å²) in [4.78, 5) is 0. The van der Waals surface area contributed by atoms with E-state index in [1.807, 2.05) is 37.3 Å². The van der Waals surface area contributed by atoms with Crippen molar-refractivity contribution < 1.29 is 13.6 Å². The van der Waals surface area contributed by atoms with Crippen molar-refractivity contribution in [1.29, 1.82) is 0 Å². The van der Waals surface area contributed by atoms with Gasteiger partial charge in [0.05, 0.1) is 6.61 Å². The largest absolute Gasteiger partial charge is 0.331 e. The van der Waals surface area contributed by atoms with E-state index in [4.69, 9.17) is 9.05 Å². The van der Waals surface area contributed by atoms with Gasteiger partial charge in [-0.2, -0.15) is 0 Å². The second-order valence-corrected chi connectivity index (χ2v) is 5.55. The maximum atomic E-state index is 11.7. The van der Waals surface area contributed by atoms with E-state index in [2.05, 4.69) is 0 Å². The third-order valence-corrected chi connectivity index (χ3v) is 4.16. The average molecular weight is 212 g/mol. The lowest BCUT2D eigenvalue weighted by Crippen LogP contribution is -1.98. The normalized spacial score (nSPS) is 31.9. The van der Waals surface area contributed by atoms with E-state index in [-0.39, 0.29) is 6.10 Å². The molecule has 0 saturated carbocycles. The molecule has 0 spiro atoms. The Balaban J connectivity index is 2.14. The summed E-state index contributed by atoms with van der Waals surface area (Å²) in [5, 5.41) is 0. The van der Waals surface area contributed by atoms with Gasteiger partial charge in [-0.3, -0.25) is 9.09 Å². The Kier molecular flexibility index (Phi) is 2.73. The van der Waals surface area contributed by atoms with Gasteiger partial charge in [-0.15, -0.1) is 0 Å². The molecule has 14 heavy (non-hydrogen) atoms. The molecule has 1 heterocycles. The molecule has 3 nitrogen and oxygen atoms in total. The van der Waals surface area contributed by atoms with Gasteiger partial charge in [0.2, 0.25) is 0 Å². The molecule has 1 fully saturated rings. The summed E-state index contributed by atoms with van der Waals surface area (Å²) in [5.41, 5.74) is 1.03. The molecule has 1 aliphatic rings. The first kappa shape index (κ1) is 9.91. The van der Waals surface area contributed by atoms with E-state index in [1.165, 1.54) is 0 Å². The van der Waals surface area contributed by atoms with Crippen LogP contribution in [-0.4, -0.2) is 12.8 Å². The number of hydrogen-bond donors (Lipinski definition) is 0. The topological polar surface area (TPSA) is 35.5 Å². The van der Waals surface area contributed by atoms with Gasteiger partial charge in [0.15, 0.2) is 0 Å². The Labute approximate surface area is 83.6 Å². The van der Waals surface area contributed by atoms with E-state index in [0.717, 1.165) is 5.56 Å². The summed E-state index contributed by atoms with van der Waals surface area (Å²) in [6, 6.07) is 9.74. The fraction of sp³-hybridized carbons (Fsp3) is 0.400. The highest BCUT2D eigenvalue weighted by Crippen LogP contribution is 2.57. The molecule has 1 aromatic carbocycles. The number of hydrogen-bond acceptors (Lipinski definition) is 3. The van der Waals surface area contributed by atoms with Gasteiger partial charge in [0.1, 0.15) is 6.10 Å². The molecule has 1 aromatic rings. The van der Waals surface area contributed by atoms with Crippen LogP contribution in [0.15, 0.2) is 30.3 Å². The molecule has 76 valence electrons. The van der Waals surface area contributed by atoms with Crippen LogP contribution in [0.25, 0.3) is 0 Å². The van der Waals surface area contributed by atoms with Gasteiger partial charge in [0, 0.05) is 6.16 Å². The molecule has 0 bridgehead atoms. The Bertz CT molecular complexity index is 350. The minimum atomic E-state index is -2.77. The van der Waals surface area contributed by atoms with Gasteiger partial charge in [-0.25, -0.2) is 0 Å². The van der Waals surface area contributed by atoms with Crippen LogP contribution in [-0.2, 0) is 13.6 Å². The van der Waals surface area contributed by atoms with Crippen LogP contribution in [0.5, 0.6) is 0 Å². The van der Waals surface area contributed by atoms with Crippen molar-refractivity contribution in [3.05, 3.63) is 35.9 Å². The maximum Gasteiger partial charge on any atom is 0.331 e. The minimum Gasteiger partial charge on any atom is -0.305 e. The Hall–Kier alpha value is -0.630. The molecule has 0 N–H and O–H groups in total. The lowest BCUT2D eigenvalue weighted by Gasteiger charge is -2.09.